The van der Waals surface area contributed by atoms with E-state index >= 15 is 0 Å². The van der Waals surface area contributed by atoms with Gasteiger partial charge in [0.15, 0.2) is 0 Å². The minimum Gasteiger partial charge on any atom is -0.376 e. The van der Waals surface area contributed by atoms with Crippen molar-refractivity contribution in [1.82, 2.24) is 10.3 Å². The highest BCUT2D eigenvalue weighted by Crippen LogP contribution is 2.24. The molecule has 0 radical (unpaired) electrons. The average Bonchev–Trinajstić information content (AvgIpc) is 2.94. The van der Waals surface area contributed by atoms with Crippen LogP contribution in [0.2, 0.25) is 0 Å². The zero-order valence-corrected chi connectivity index (χ0v) is 12.0. The largest absolute Gasteiger partial charge is 0.376 e. The third-order valence-electron chi connectivity index (χ3n) is 3.03. The summed E-state index contributed by atoms with van der Waals surface area (Å²) in [6.45, 7) is 7.49. The van der Waals surface area contributed by atoms with Gasteiger partial charge in [-0.25, -0.2) is 4.98 Å². The van der Waals surface area contributed by atoms with Crippen LogP contribution in [0.15, 0.2) is 0 Å². The molecule has 1 amide bonds. The van der Waals surface area contributed by atoms with Gasteiger partial charge in [0.2, 0.25) is 0 Å². The minimum atomic E-state index is -0.0209. The first-order valence-electron chi connectivity index (χ1n) is 6.45. The van der Waals surface area contributed by atoms with E-state index < -0.39 is 0 Å². The van der Waals surface area contributed by atoms with Crippen molar-refractivity contribution in [1.29, 1.82) is 0 Å². The second-order valence-electron chi connectivity index (χ2n) is 4.97. The van der Waals surface area contributed by atoms with E-state index in [1.165, 1.54) is 11.3 Å². The molecule has 1 fully saturated rings. The van der Waals surface area contributed by atoms with Crippen LogP contribution in [-0.4, -0.2) is 30.1 Å². The van der Waals surface area contributed by atoms with Gasteiger partial charge in [0.05, 0.1) is 16.8 Å². The first-order chi connectivity index (χ1) is 8.58. The van der Waals surface area contributed by atoms with Crippen LogP contribution < -0.4 is 5.32 Å². The molecule has 2 rings (SSSR count). The normalized spacial score (nSPS) is 19.4. The molecule has 18 heavy (non-hydrogen) atoms. The van der Waals surface area contributed by atoms with Crippen molar-refractivity contribution in [3.63, 3.8) is 0 Å². The van der Waals surface area contributed by atoms with E-state index in [4.69, 9.17) is 4.74 Å². The van der Waals surface area contributed by atoms with Crippen molar-refractivity contribution in [3.8, 4) is 0 Å². The smallest absolute Gasteiger partial charge is 0.263 e. The predicted molar refractivity (Wildman–Crippen MR) is 72.2 cm³/mol. The van der Waals surface area contributed by atoms with Gasteiger partial charge in [0.1, 0.15) is 4.88 Å². The molecular weight excluding hydrogens is 248 g/mol. The second-order valence-corrected chi connectivity index (χ2v) is 6.00. The van der Waals surface area contributed by atoms with E-state index in [0.29, 0.717) is 12.5 Å². The number of hydrogen-bond acceptors (Lipinski definition) is 4. The van der Waals surface area contributed by atoms with E-state index in [1.807, 2.05) is 6.92 Å². The summed E-state index contributed by atoms with van der Waals surface area (Å²) in [7, 11) is 0. The maximum absolute atomic E-state index is 12.1. The molecule has 1 atom stereocenters. The van der Waals surface area contributed by atoms with Gasteiger partial charge < -0.3 is 10.1 Å². The Labute approximate surface area is 112 Å². The second kappa shape index (κ2) is 5.80. The number of nitrogens with one attached hydrogen (secondary N) is 1. The van der Waals surface area contributed by atoms with Crippen LogP contribution in [0.4, 0.5) is 0 Å². The van der Waals surface area contributed by atoms with Gasteiger partial charge >= 0.3 is 0 Å². The van der Waals surface area contributed by atoms with Crippen LogP contribution in [0.1, 0.15) is 53.0 Å². The van der Waals surface area contributed by atoms with Crippen molar-refractivity contribution in [2.24, 2.45) is 0 Å². The Hall–Kier alpha value is -0.940. The van der Waals surface area contributed by atoms with Crippen LogP contribution >= 0.6 is 11.3 Å². The molecule has 0 unspecified atom stereocenters. The number of aryl methyl sites for hydroxylation is 1. The average molecular weight is 268 g/mol. The molecule has 1 aliphatic heterocycles. The first kappa shape index (κ1) is 13.5. The minimum absolute atomic E-state index is 0.0209. The molecule has 1 aromatic heterocycles. The molecule has 2 heterocycles. The van der Waals surface area contributed by atoms with Crippen LogP contribution in [0.5, 0.6) is 0 Å². The number of nitrogens with zero attached hydrogens (tertiary/aromatic N) is 1. The fourth-order valence-corrected chi connectivity index (χ4v) is 2.95. The Morgan fingerprint density at radius 1 is 1.61 bits per heavy atom. The monoisotopic (exact) mass is 268 g/mol. The fraction of sp³-hybridized carbons (Fsp3) is 0.692. The van der Waals surface area contributed by atoms with Crippen molar-refractivity contribution in [2.75, 3.05) is 13.2 Å². The van der Waals surface area contributed by atoms with Gasteiger partial charge in [0, 0.05) is 19.1 Å². The van der Waals surface area contributed by atoms with Gasteiger partial charge in [-0.2, -0.15) is 0 Å². The summed E-state index contributed by atoms with van der Waals surface area (Å²) in [6, 6.07) is 0. The van der Waals surface area contributed by atoms with Gasteiger partial charge in [-0.15, -0.1) is 11.3 Å². The van der Waals surface area contributed by atoms with Crippen LogP contribution in [-0.2, 0) is 4.74 Å². The highest BCUT2D eigenvalue weighted by Gasteiger charge is 2.20. The molecule has 0 spiro atoms. The van der Waals surface area contributed by atoms with Gasteiger partial charge in [-0.1, -0.05) is 13.8 Å². The van der Waals surface area contributed by atoms with Crippen molar-refractivity contribution in [3.05, 3.63) is 15.6 Å². The zero-order valence-electron chi connectivity index (χ0n) is 11.2. The number of amides is 1. The molecule has 0 bridgehead atoms. The molecule has 0 saturated carbocycles. The quantitative estimate of drug-likeness (QED) is 0.912. The van der Waals surface area contributed by atoms with Crippen molar-refractivity contribution >= 4 is 17.2 Å². The lowest BCUT2D eigenvalue weighted by Gasteiger charge is -2.09. The third-order valence-corrected chi connectivity index (χ3v) is 4.48. The number of carbonyl (C=O) groups excluding carboxylic acids is 1. The molecule has 4 nitrogen and oxygen atoms in total. The molecule has 1 aliphatic rings. The Balaban J connectivity index is 1.95. The van der Waals surface area contributed by atoms with Gasteiger partial charge in [-0.3, -0.25) is 4.79 Å². The van der Waals surface area contributed by atoms with E-state index in [0.717, 1.165) is 35.0 Å². The number of hydrogen-bond donors (Lipinski definition) is 1. The Bertz CT molecular complexity index is 423. The molecule has 1 saturated heterocycles. The number of carbonyl (C=O) groups is 1. The molecule has 5 heteroatoms. The summed E-state index contributed by atoms with van der Waals surface area (Å²) < 4.78 is 5.49. The van der Waals surface area contributed by atoms with Crippen molar-refractivity contribution < 1.29 is 9.53 Å². The highest BCUT2D eigenvalue weighted by molar-refractivity contribution is 7.13. The van der Waals surface area contributed by atoms with E-state index in [1.54, 1.807) is 0 Å². The molecule has 0 aromatic carbocycles. The molecule has 100 valence electrons. The Kier molecular flexibility index (Phi) is 4.35. The summed E-state index contributed by atoms with van der Waals surface area (Å²) in [4.78, 5) is 17.2. The summed E-state index contributed by atoms with van der Waals surface area (Å²) in [5.41, 5.74) is 0.827. The zero-order chi connectivity index (χ0) is 13.1. The Morgan fingerprint density at radius 2 is 2.39 bits per heavy atom. The SMILES string of the molecule is Cc1nc(C(C)C)sc1C(=O)NC[C@H]1CCCO1. The maximum atomic E-state index is 12.1. The van der Waals surface area contributed by atoms with E-state index in [9.17, 15) is 4.79 Å². The van der Waals surface area contributed by atoms with E-state index in [-0.39, 0.29) is 12.0 Å². The Morgan fingerprint density at radius 3 is 2.94 bits per heavy atom. The summed E-state index contributed by atoms with van der Waals surface area (Å²) in [5.74, 6) is 0.348. The number of rotatable bonds is 4. The fourth-order valence-electron chi connectivity index (χ4n) is 1.97. The molecule has 0 aliphatic carbocycles. The lowest BCUT2D eigenvalue weighted by molar-refractivity contribution is 0.0860. The van der Waals surface area contributed by atoms with Crippen LogP contribution in [0.25, 0.3) is 0 Å². The van der Waals surface area contributed by atoms with E-state index in [2.05, 4.69) is 24.1 Å². The molecule has 1 N–H and O–H groups in total. The number of aromatic nitrogens is 1. The summed E-state index contributed by atoms with van der Waals surface area (Å²) in [6.07, 6.45) is 2.32. The number of thiazole rings is 1. The maximum Gasteiger partial charge on any atom is 0.263 e. The van der Waals surface area contributed by atoms with Gasteiger partial charge in [-0.05, 0) is 19.8 Å². The van der Waals surface area contributed by atoms with Gasteiger partial charge in [0.25, 0.3) is 5.91 Å². The molecular formula is C13H20N2O2S. The standard InChI is InChI=1S/C13H20N2O2S/c1-8(2)13-15-9(3)11(18-13)12(16)14-7-10-5-4-6-17-10/h8,10H,4-7H2,1-3H3,(H,14,16)/t10-/m1/s1. The summed E-state index contributed by atoms with van der Waals surface area (Å²) >= 11 is 1.49. The molecule has 1 aromatic rings. The summed E-state index contributed by atoms with van der Waals surface area (Å²) in [5, 5.41) is 3.96. The van der Waals surface area contributed by atoms with Crippen LogP contribution in [0.3, 0.4) is 0 Å². The third kappa shape index (κ3) is 3.09. The van der Waals surface area contributed by atoms with Crippen molar-refractivity contribution in [2.45, 2.75) is 45.6 Å². The topological polar surface area (TPSA) is 51.2 Å². The first-order valence-corrected chi connectivity index (χ1v) is 7.26. The highest BCUT2D eigenvalue weighted by atomic mass is 32.1. The van der Waals surface area contributed by atoms with Crippen LogP contribution in [0, 0.1) is 6.92 Å². The predicted octanol–water partition coefficient (Wildman–Crippen LogP) is 2.48. The lowest BCUT2D eigenvalue weighted by atomic mass is 10.2. The lowest BCUT2D eigenvalue weighted by Crippen LogP contribution is -2.31. The number of ether oxygens (including phenoxy) is 1.